The summed E-state index contributed by atoms with van der Waals surface area (Å²) in [5.74, 6) is -1.61. The Morgan fingerprint density at radius 1 is 0.853 bits per heavy atom. The summed E-state index contributed by atoms with van der Waals surface area (Å²) in [6.45, 7) is 0.304. The second kappa shape index (κ2) is 10.6. The number of anilines is 1. The van der Waals surface area contributed by atoms with Crippen molar-refractivity contribution in [3.05, 3.63) is 101 Å². The molecule has 0 bridgehead atoms. The van der Waals surface area contributed by atoms with Crippen LogP contribution in [0.25, 0.3) is 0 Å². The van der Waals surface area contributed by atoms with E-state index >= 15 is 0 Å². The van der Waals surface area contributed by atoms with Crippen LogP contribution in [-0.2, 0) is 6.54 Å². The molecular formula is C27H27F2N3O2. The number of nitrogens with one attached hydrogen (secondary N) is 1. The fourth-order valence-corrected chi connectivity index (χ4v) is 4.34. The number of halogens is 2. The van der Waals surface area contributed by atoms with Gasteiger partial charge in [-0.05, 0) is 79.8 Å². The molecule has 1 aliphatic carbocycles. The molecule has 1 saturated carbocycles. The quantitative estimate of drug-likeness (QED) is 0.532. The lowest BCUT2D eigenvalue weighted by molar-refractivity contribution is 0.0605. The van der Waals surface area contributed by atoms with Gasteiger partial charge in [-0.2, -0.15) is 0 Å². The van der Waals surface area contributed by atoms with Crippen molar-refractivity contribution >= 4 is 17.5 Å². The van der Waals surface area contributed by atoms with E-state index in [2.05, 4.69) is 5.32 Å². The summed E-state index contributed by atoms with van der Waals surface area (Å²) in [6.07, 6.45) is 3.19. The SMILES string of the molecule is NC1CCC(N(Cc2cccc(NC(=O)c3cccc(F)c3)c2)C(=O)c2cccc(F)c2)CC1. The summed E-state index contributed by atoms with van der Waals surface area (Å²) < 4.78 is 27.3. The molecule has 0 radical (unpaired) electrons. The zero-order valence-corrected chi connectivity index (χ0v) is 18.7. The third-order valence-corrected chi connectivity index (χ3v) is 6.14. The molecule has 0 unspecified atom stereocenters. The Labute approximate surface area is 197 Å². The molecule has 0 aliphatic heterocycles. The fraction of sp³-hybridized carbons (Fsp3) is 0.259. The summed E-state index contributed by atoms with van der Waals surface area (Å²) in [4.78, 5) is 27.7. The van der Waals surface area contributed by atoms with Crippen molar-refractivity contribution < 1.29 is 18.4 Å². The van der Waals surface area contributed by atoms with Crippen LogP contribution in [0.1, 0.15) is 52.0 Å². The average molecular weight is 464 g/mol. The number of carbonyl (C=O) groups excluding carboxylic acids is 2. The molecular weight excluding hydrogens is 436 g/mol. The molecule has 0 aromatic heterocycles. The first-order valence-electron chi connectivity index (χ1n) is 11.4. The van der Waals surface area contributed by atoms with Crippen molar-refractivity contribution in [2.45, 2.75) is 44.3 Å². The van der Waals surface area contributed by atoms with Crippen molar-refractivity contribution in [2.24, 2.45) is 5.73 Å². The Hall–Kier alpha value is -3.58. The minimum absolute atomic E-state index is 0.0129. The number of nitrogens with two attached hydrogens (primary N) is 1. The average Bonchev–Trinajstić information content (AvgIpc) is 2.83. The number of carbonyl (C=O) groups is 2. The lowest BCUT2D eigenvalue weighted by atomic mass is 9.90. The van der Waals surface area contributed by atoms with Gasteiger partial charge in [-0.25, -0.2) is 8.78 Å². The van der Waals surface area contributed by atoms with Gasteiger partial charge in [0.1, 0.15) is 11.6 Å². The van der Waals surface area contributed by atoms with Crippen LogP contribution in [-0.4, -0.2) is 28.8 Å². The van der Waals surface area contributed by atoms with Gasteiger partial charge in [0.25, 0.3) is 11.8 Å². The van der Waals surface area contributed by atoms with Gasteiger partial charge < -0.3 is 16.0 Å². The summed E-state index contributed by atoms with van der Waals surface area (Å²) in [6, 6.07) is 18.5. The number of rotatable bonds is 6. The number of amides is 2. The fourth-order valence-electron chi connectivity index (χ4n) is 4.34. The van der Waals surface area contributed by atoms with Gasteiger partial charge in [-0.1, -0.05) is 24.3 Å². The Bertz CT molecular complexity index is 1180. The predicted octanol–water partition coefficient (Wildman–Crippen LogP) is 5.13. The van der Waals surface area contributed by atoms with Gasteiger partial charge in [-0.15, -0.1) is 0 Å². The molecule has 0 heterocycles. The van der Waals surface area contributed by atoms with E-state index in [-0.39, 0.29) is 23.6 Å². The molecule has 5 nitrogen and oxygen atoms in total. The van der Waals surface area contributed by atoms with Crippen molar-refractivity contribution in [3.8, 4) is 0 Å². The van der Waals surface area contributed by atoms with E-state index in [0.29, 0.717) is 17.8 Å². The second-order valence-corrected chi connectivity index (χ2v) is 8.68. The molecule has 0 atom stereocenters. The minimum Gasteiger partial charge on any atom is -0.331 e. The third-order valence-electron chi connectivity index (χ3n) is 6.14. The molecule has 2 amide bonds. The molecule has 176 valence electrons. The van der Waals surface area contributed by atoms with Gasteiger partial charge in [0.2, 0.25) is 0 Å². The van der Waals surface area contributed by atoms with E-state index < -0.39 is 17.5 Å². The maximum Gasteiger partial charge on any atom is 0.255 e. The van der Waals surface area contributed by atoms with Crippen LogP contribution in [0.2, 0.25) is 0 Å². The smallest absolute Gasteiger partial charge is 0.255 e. The molecule has 1 fully saturated rings. The summed E-state index contributed by atoms with van der Waals surface area (Å²) in [7, 11) is 0. The highest BCUT2D eigenvalue weighted by Gasteiger charge is 2.29. The van der Waals surface area contributed by atoms with Crippen molar-refractivity contribution in [1.82, 2.24) is 4.90 Å². The topological polar surface area (TPSA) is 75.4 Å². The summed E-state index contributed by atoms with van der Waals surface area (Å²) in [5.41, 5.74) is 7.93. The van der Waals surface area contributed by atoms with Crippen LogP contribution in [0.4, 0.5) is 14.5 Å². The predicted molar refractivity (Wildman–Crippen MR) is 127 cm³/mol. The lowest BCUT2D eigenvalue weighted by Gasteiger charge is -2.36. The Kier molecular flexibility index (Phi) is 7.33. The molecule has 7 heteroatoms. The lowest BCUT2D eigenvalue weighted by Crippen LogP contribution is -2.43. The summed E-state index contributed by atoms with van der Waals surface area (Å²) in [5, 5.41) is 2.78. The Morgan fingerprint density at radius 3 is 2.15 bits per heavy atom. The maximum atomic E-state index is 13.8. The van der Waals surface area contributed by atoms with E-state index in [1.54, 1.807) is 29.2 Å². The Morgan fingerprint density at radius 2 is 1.47 bits per heavy atom. The van der Waals surface area contributed by atoms with Crippen LogP contribution >= 0.6 is 0 Å². The standard InChI is InChI=1S/C27H27F2N3O2/c28-21-7-2-5-19(15-21)26(33)31-24-9-1-4-18(14-24)17-32(25-12-10-23(30)11-13-25)27(34)20-6-3-8-22(29)16-20/h1-9,14-16,23,25H,10-13,17,30H2,(H,31,33). The second-order valence-electron chi connectivity index (χ2n) is 8.68. The van der Waals surface area contributed by atoms with Crippen LogP contribution in [0.15, 0.2) is 72.8 Å². The van der Waals surface area contributed by atoms with Gasteiger partial charge in [0.15, 0.2) is 0 Å². The van der Waals surface area contributed by atoms with Gasteiger partial charge >= 0.3 is 0 Å². The van der Waals surface area contributed by atoms with Gasteiger partial charge in [0.05, 0.1) is 0 Å². The molecule has 4 rings (SSSR count). The normalized spacial score (nSPS) is 17.7. The number of benzene rings is 3. The highest BCUT2D eigenvalue weighted by Crippen LogP contribution is 2.26. The third kappa shape index (κ3) is 5.85. The molecule has 34 heavy (non-hydrogen) atoms. The molecule has 3 aromatic carbocycles. The summed E-state index contributed by atoms with van der Waals surface area (Å²) >= 11 is 0. The maximum absolute atomic E-state index is 13.8. The minimum atomic E-state index is -0.486. The molecule has 3 N–H and O–H groups in total. The molecule has 0 spiro atoms. The van der Waals surface area contributed by atoms with Crippen LogP contribution in [0, 0.1) is 11.6 Å². The first kappa shape index (κ1) is 23.6. The van der Waals surface area contributed by atoms with Crippen LogP contribution in [0.5, 0.6) is 0 Å². The molecule has 0 saturated heterocycles. The number of nitrogens with zero attached hydrogens (tertiary/aromatic N) is 1. The van der Waals surface area contributed by atoms with Crippen molar-refractivity contribution in [3.63, 3.8) is 0 Å². The Balaban J connectivity index is 1.55. The molecule has 3 aromatic rings. The first-order valence-corrected chi connectivity index (χ1v) is 11.4. The van der Waals surface area contributed by atoms with Crippen molar-refractivity contribution in [2.75, 3.05) is 5.32 Å². The van der Waals surface area contributed by atoms with E-state index in [1.165, 1.54) is 42.5 Å². The van der Waals surface area contributed by atoms with E-state index in [9.17, 15) is 18.4 Å². The zero-order chi connectivity index (χ0) is 24.1. The zero-order valence-electron chi connectivity index (χ0n) is 18.7. The van der Waals surface area contributed by atoms with Crippen LogP contribution < -0.4 is 11.1 Å². The van der Waals surface area contributed by atoms with Gasteiger partial charge in [0, 0.05) is 35.4 Å². The van der Waals surface area contributed by atoms with Crippen molar-refractivity contribution in [1.29, 1.82) is 0 Å². The van der Waals surface area contributed by atoms with E-state index in [0.717, 1.165) is 31.2 Å². The van der Waals surface area contributed by atoms with Gasteiger partial charge in [-0.3, -0.25) is 9.59 Å². The van der Waals surface area contributed by atoms with E-state index in [1.807, 2.05) is 6.07 Å². The highest BCUT2D eigenvalue weighted by molar-refractivity contribution is 6.04. The number of hydrogen-bond donors (Lipinski definition) is 2. The van der Waals surface area contributed by atoms with Crippen LogP contribution in [0.3, 0.4) is 0 Å². The molecule has 1 aliphatic rings. The monoisotopic (exact) mass is 463 g/mol. The van der Waals surface area contributed by atoms with E-state index in [4.69, 9.17) is 5.73 Å². The highest BCUT2D eigenvalue weighted by atomic mass is 19.1. The first-order chi connectivity index (χ1) is 16.4. The number of hydrogen-bond acceptors (Lipinski definition) is 3. The largest absolute Gasteiger partial charge is 0.331 e.